The average molecular weight is 206 g/mol. The van der Waals surface area contributed by atoms with Crippen molar-refractivity contribution in [1.82, 2.24) is 0 Å². The molecule has 0 radical (unpaired) electrons. The molecule has 0 aliphatic carbocycles. The SMILES string of the molecule is COC1OC(C)C(O)C(OC)C1OC. The molecule has 1 rings (SSSR count). The Morgan fingerprint density at radius 2 is 1.57 bits per heavy atom. The highest BCUT2D eigenvalue weighted by atomic mass is 16.7. The Labute approximate surface area is 83.9 Å². The molecule has 0 saturated carbocycles. The van der Waals surface area contributed by atoms with Crippen LogP contribution >= 0.6 is 0 Å². The van der Waals surface area contributed by atoms with Crippen molar-refractivity contribution in [3.63, 3.8) is 0 Å². The third-order valence-corrected chi connectivity index (χ3v) is 2.54. The van der Waals surface area contributed by atoms with E-state index in [1.54, 1.807) is 6.92 Å². The standard InChI is InChI=1S/C9H18O5/c1-5-6(10)7(11-2)8(12-3)9(13-4)14-5/h5-10H,1-4H3. The van der Waals surface area contributed by atoms with Crippen molar-refractivity contribution in [3.05, 3.63) is 0 Å². The third kappa shape index (κ3) is 2.07. The summed E-state index contributed by atoms with van der Waals surface area (Å²) in [6.07, 6.45) is -2.35. The summed E-state index contributed by atoms with van der Waals surface area (Å²) in [6.45, 7) is 1.77. The van der Waals surface area contributed by atoms with Crippen LogP contribution in [0.5, 0.6) is 0 Å². The molecule has 0 bridgehead atoms. The molecule has 14 heavy (non-hydrogen) atoms. The molecule has 5 unspecified atom stereocenters. The molecule has 1 aliphatic rings. The van der Waals surface area contributed by atoms with Crippen LogP contribution in [-0.4, -0.2) is 57.1 Å². The van der Waals surface area contributed by atoms with E-state index in [0.717, 1.165) is 0 Å². The van der Waals surface area contributed by atoms with Gasteiger partial charge in [-0.05, 0) is 6.92 Å². The molecule has 1 aliphatic heterocycles. The minimum absolute atomic E-state index is 0.323. The van der Waals surface area contributed by atoms with Gasteiger partial charge in [-0.2, -0.15) is 0 Å². The van der Waals surface area contributed by atoms with Crippen molar-refractivity contribution < 1.29 is 24.1 Å². The van der Waals surface area contributed by atoms with Gasteiger partial charge in [0.05, 0.1) is 6.10 Å². The van der Waals surface area contributed by atoms with Gasteiger partial charge in [0.15, 0.2) is 6.29 Å². The van der Waals surface area contributed by atoms with Gasteiger partial charge in [0, 0.05) is 21.3 Å². The highest BCUT2D eigenvalue weighted by Gasteiger charge is 2.44. The Morgan fingerprint density at radius 3 is 2.00 bits per heavy atom. The average Bonchev–Trinajstić information content (AvgIpc) is 2.20. The first kappa shape index (κ1) is 11.9. The topological polar surface area (TPSA) is 57.2 Å². The molecule has 1 heterocycles. The lowest BCUT2D eigenvalue weighted by Crippen LogP contribution is -2.58. The van der Waals surface area contributed by atoms with Gasteiger partial charge in [0.2, 0.25) is 0 Å². The van der Waals surface area contributed by atoms with Crippen LogP contribution in [0.4, 0.5) is 0 Å². The number of hydrogen-bond acceptors (Lipinski definition) is 5. The zero-order valence-corrected chi connectivity index (χ0v) is 8.97. The molecule has 0 aromatic rings. The summed E-state index contributed by atoms with van der Waals surface area (Å²) in [5.41, 5.74) is 0. The van der Waals surface area contributed by atoms with Crippen LogP contribution in [0.2, 0.25) is 0 Å². The molecule has 1 N–H and O–H groups in total. The van der Waals surface area contributed by atoms with E-state index in [1.807, 2.05) is 0 Å². The van der Waals surface area contributed by atoms with Crippen LogP contribution in [-0.2, 0) is 18.9 Å². The van der Waals surface area contributed by atoms with Crippen LogP contribution in [0.15, 0.2) is 0 Å². The molecule has 5 heteroatoms. The molecular formula is C9H18O5. The van der Waals surface area contributed by atoms with Gasteiger partial charge in [-0.25, -0.2) is 0 Å². The Balaban J connectivity index is 2.75. The maximum atomic E-state index is 9.77. The highest BCUT2D eigenvalue weighted by Crippen LogP contribution is 2.25. The zero-order valence-electron chi connectivity index (χ0n) is 8.97. The molecule has 1 fully saturated rings. The lowest BCUT2D eigenvalue weighted by Gasteiger charge is -2.41. The van der Waals surface area contributed by atoms with E-state index in [0.29, 0.717) is 0 Å². The van der Waals surface area contributed by atoms with Gasteiger partial charge in [-0.15, -0.1) is 0 Å². The van der Waals surface area contributed by atoms with Crippen LogP contribution in [0.3, 0.4) is 0 Å². The largest absolute Gasteiger partial charge is 0.388 e. The lowest BCUT2D eigenvalue weighted by molar-refractivity contribution is -0.295. The molecule has 0 spiro atoms. The Bertz CT molecular complexity index is 171. The number of methoxy groups -OCH3 is 3. The molecule has 84 valence electrons. The second-order valence-corrected chi connectivity index (χ2v) is 3.34. The van der Waals surface area contributed by atoms with Gasteiger partial charge < -0.3 is 24.1 Å². The summed E-state index contributed by atoms with van der Waals surface area (Å²) < 4.78 is 20.9. The first-order valence-corrected chi connectivity index (χ1v) is 4.57. The Hall–Kier alpha value is -0.200. The van der Waals surface area contributed by atoms with E-state index in [-0.39, 0.29) is 6.10 Å². The van der Waals surface area contributed by atoms with E-state index in [9.17, 15) is 5.11 Å². The summed E-state index contributed by atoms with van der Waals surface area (Å²) >= 11 is 0. The van der Waals surface area contributed by atoms with Crippen molar-refractivity contribution in [2.24, 2.45) is 0 Å². The molecule has 1 saturated heterocycles. The number of aliphatic hydroxyl groups is 1. The maximum Gasteiger partial charge on any atom is 0.186 e. The van der Waals surface area contributed by atoms with Gasteiger partial charge in [-0.3, -0.25) is 0 Å². The third-order valence-electron chi connectivity index (χ3n) is 2.54. The number of rotatable bonds is 3. The summed E-state index contributed by atoms with van der Waals surface area (Å²) in [5, 5.41) is 9.77. The van der Waals surface area contributed by atoms with Gasteiger partial charge in [-0.1, -0.05) is 0 Å². The van der Waals surface area contributed by atoms with Crippen molar-refractivity contribution in [1.29, 1.82) is 0 Å². The molecular weight excluding hydrogens is 188 g/mol. The number of ether oxygens (including phenoxy) is 4. The first-order chi connectivity index (χ1) is 6.65. The molecule has 0 aromatic heterocycles. The summed E-state index contributed by atoms with van der Waals surface area (Å²) in [5.74, 6) is 0. The van der Waals surface area contributed by atoms with Crippen molar-refractivity contribution >= 4 is 0 Å². The van der Waals surface area contributed by atoms with Crippen LogP contribution in [0, 0.1) is 0 Å². The minimum atomic E-state index is -0.698. The van der Waals surface area contributed by atoms with Crippen LogP contribution in [0.25, 0.3) is 0 Å². The summed E-state index contributed by atoms with van der Waals surface area (Å²) in [7, 11) is 4.60. The normalized spacial score (nSPS) is 43.9. The van der Waals surface area contributed by atoms with Crippen molar-refractivity contribution in [3.8, 4) is 0 Å². The molecule has 5 atom stereocenters. The molecule has 0 aromatic carbocycles. The van der Waals surface area contributed by atoms with Gasteiger partial charge >= 0.3 is 0 Å². The Morgan fingerprint density at radius 1 is 1.00 bits per heavy atom. The fourth-order valence-electron chi connectivity index (χ4n) is 1.69. The van der Waals surface area contributed by atoms with E-state index in [4.69, 9.17) is 18.9 Å². The molecule has 5 nitrogen and oxygen atoms in total. The number of aliphatic hydroxyl groups excluding tert-OH is 1. The zero-order chi connectivity index (χ0) is 10.7. The summed E-state index contributed by atoms with van der Waals surface area (Å²) in [4.78, 5) is 0. The fraction of sp³-hybridized carbons (Fsp3) is 1.00. The highest BCUT2D eigenvalue weighted by molar-refractivity contribution is 4.89. The smallest absolute Gasteiger partial charge is 0.186 e. The summed E-state index contributed by atoms with van der Waals surface area (Å²) in [6, 6.07) is 0. The van der Waals surface area contributed by atoms with Crippen LogP contribution in [0.1, 0.15) is 6.92 Å². The van der Waals surface area contributed by atoms with Crippen molar-refractivity contribution in [2.45, 2.75) is 37.6 Å². The minimum Gasteiger partial charge on any atom is -0.388 e. The van der Waals surface area contributed by atoms with E-state index >= 15 is 0 Å². The first-order valence-electron chi connectivity index (χ1n) is 4.57. The predicted molar refractivity (Wildman–Crippen MR) is 48.9 cm³/mol. The fourth-order valence-corrected chi connectivity index (χ4v) is 1.69. The van der Waals surface area contributed by atoms with Crippen LogP contribution < -0.4 is 0 Å². The maximum absolute atomic E-state index is 9.77. The lowest BCUT2D eigenvalue weighted by atomic mass is 9.99. The van der Waals surface area contributed by atoms with Gasteiger partial charge in [0.1, 0.15) is 18.3 Å². The second-order valence-electron chi connectivity index (χ2n) is 3.34. The second kappa shape index (κ2) is 5.04. The Kier molecular flexibility index (Phi) is 4.28. The van der Waals surface area contributed by atoms with E-state index < -0.39 is 24.6 Å². The monoisotopic (exact) mass is 206 g/mol. The van der Waals surface area contributed by atoms with Gasteiger partial charge in [0.25, 0.3) is 0 Å². The van der Waals surface area contributed by atoms with E-state index in [2.05, 4.69) is 0 Å². The van der Waals surface area contributed by atoms with E-state index in [1.165, 1.54) is 21.3 Å². The van der Waals surface area contributed by atoms with Crippen molar-refractivity contribution in [2.75, 3.05) is 21.3 Å². The molecule has 0 amide bonds. The quantitative estimate of drug-likeness (QED) is 0.691. The predicted octanol–water partition coefficient (Wildman–Crippen LogP) is -0.232. The number of hydrogen-bond donors (Lipinski definition) is 1.